The first-order valence-electron chi connectivity index (χ1n) is 6.86. The molecule has 0 bridgehead atoms. The van der Waals surface area contributed by atoms with Gasteiger partial charge in [-0.05, 0) is 67.5 Å². The molecule has 0 aliphatic heterocycles. The molecule has 23 heavy (non-hydrogen) atoms. The van der Waals surface area contributed by atoms with Gasteiger partial charge in [0.25, 0.3) is 0 Å². The molecule has 0 aliphatic rings. The molecule has 1 heterocycles. The van der Waals surface area contributed by atoms with E-state index in [-0.39, 0.29) is 0 Å². The van der Waals surface area contributed by atoms with Gasteiger partial charge >= 0.3 is 0 Å². The largest absolute Gasteiger partial charge is 0.437 e. The van der Waals surface area contributed by atoms with Crippen molar-refractivity contribution in [2.45, 2.75) is 13.8 Å². The van der Waals surface area contributed by atoms with Crippen molar-refractivity contribution in [2.24, 2.45) is 4.99 Å². The van der Waals surface area contributed by atoms with Gasteiger partial charge in [-0.3, -0.25) is 0 Å². The predicted octanol–water partition coefficient (Wildman–Crippen LogP) is 5.43. The molecular formula is C17H12ClN3OS. The van der Waals surface area contributed by atoms with Crippen LogP contribution in [0.1, 0.15) is 11.1 Å². The zero-order valence-electron chi connectivity index (χ0n) is 12.5. The highest BCUT2D eigenvalue weighted by atomic mass is 35.5. The van der Waals surface area contributed by atoms with Gasteiger partial charge in [0.15, 0.2) is 0 Å². The third kappa shape index (κ3) is 3.37. The van der Waals surface area contributed by atoms with E-state index >= 15 is 0 Å². The fraction of sp³-hybridized carbons (Fsp3) is 0.118. The average Bonchev–Trinajstić information content (AvgIpc) is 2.51. The molecule has 114 valence electrons. The van der Waals surface area contributed by atoms with Crippen molar-refractivity contribution in [1.82, 2.24) is 9.97 Å². The molecule has 1 aromatic heterocycles. The highest BCUT2D eigenvalue weighted by Crippen LogP contribution is 2.30. The highest BCUT2D eigenvalue weighted by Gasteiger charge is 2.08. The maximum absolute atomic E-state index is 5.94. The fourth-order valence-corrected chi connectivity index (χ4v) is 2.59. The van der Waals surface area contributed by atoms with Gasteiger partial charge in [-0.1, -0.05) is 11.6 Å². The van der Waals surface area contributed by atoms with Gasteiger partial charge in [-0.25, -0.2) is 9.97 Å². The van der Waals surface area contributed by atoms with E-state index in [0.717, 1.165) is 27.8 Å². The van der Waals surface area contributed by atoms with Crippen LogP contribution in [0.4, 0.5) is 5.69 Å². The number of thiocarbonyl (C=S) groups is 1. The number of benzene rings is 2. The molecule has 2 aromatic carbocycles. The summed E-state index contributed by atoms with van der Waals surface area (Å²) in [5.41, 5.74) is 4.17. The summed E-state index contributed by atoms with van der Waals surface area (Å²) in [4.78, 5) is 12.8. The van der Waals surface area contributed by atoms with E-state index < -0.39 is 0 Å². The van der Waals surface area contributed by atoms with Crippen molar-refractivity contribution in [1.29, 1.82) is 0 Å². The van der Waals surface area contributed by atoms with Crippen LogP contribution in [0, 0.1) is 13.8 Å². The Bertz CT molecular complexity index is 929. The molecule has 0 aliphatic carbocycles. The van der Waals surface area contributed by atoms with Gasteiger partial charge in [0.05, 0.1) is 28.1 Å². The van der Waals surface area contributed by atoms with Gasteiger partial charge in [0, 0.05) is 5.02 Å². The lowest BCUT2D eigenvalue weighted by Gasteiger charge is -2.09. The number of nitrogens with zero attached hydrogens (tertiary/aromatic N) is 3. The summed E-state index contributed by atoms with van der Waals surface area (Å²) in [7, 11) is 0. The molecule has 4 nitrogen and oxygen atoms in total. The summed E-state index contributed by atoms with van der Waals surface area (Å²) < 4.78 is 5.82. The minimum Gasteiger partial charge on any atom is -0.437 e. The number of aryl methyl sites for hydroxylation is 2. The quantitative estimate of drug-likeness (QED) is 0.471. The summed E-state index contributed by atoms with van der Waals surface area (Å²) in [6.45, 7) is 3.89. The van der Waals surface area contributed by atoms with Crippen LogP contribution in [0.25, 0.3) is 11.0 Å². The topological polar surface area (TPSA) is 47.4 Å². The summed E-state index contributed by atoms with van der Waals surface area (Å²) in [6, 6.07) is 9.11. The molecule has 0 amide bonds. The zero-order valence-corrected chi connectivity index (χ0v) is 14.1. The molecular weight excluding hydrogens is 330 g/mol. The number of hydrogen-bond acceptors (Lipinski definition) is 5. The maximum atomic E-state index is 5.94. The van der Waals surface area contributed by atoms with Gasteiger partial charge in [-0.2, -0.15) is 4.99 Å². The lowest BCUT2D eigenvalue weighted by atomic mass is 10.1. The SMILES string of the molecule is Cc1cc(Oc2cnc3cc(Cl)ccc3n2)cc(C)c1N=C=S. The van der Waals surface area contributed by atoms with Crippen LogP contribution >= 0.6 is 23.8 Å². The second-order valence-corrected chi connectivity index (χ2v) is 5.67. The predicted molar refractivity (Wildman–Crippen MR) is 95.2 cm³/mol. The first-order chi connectivity index (χ1) is 11.1. The second kappa shape index (κ2) is 6.42. The van der Waals surface area contributed by atoms with E-state index in [4.69, 9.17) is 16.3 Å². The van der Waals surface area contributed by atoms with Crippen LogP contribution in [-0.2, 0) is 0 Å². The number of isothiocyanates is 1. The van der Waals surface area contributed by atoms with E-state index in [2.05, 4.69) is 32.3 Å². The fourth-order valence-electron chi connectivity index (χ4n) is 2.33. The molecule has 0 fully saturated rings. The second-order valence-electron chi connectivity index (χ2n) is 5.05. The minimum atomic E-state index is 0.421. The van der Waals surface area contributed by atoms with Crippen LogP contribution < -0.4 is 4.74 Å². The standard InChI is InChI=1S/C17H12ClN3OS/c1-10-5-13(6-11(2)17(10)20-9-23)22-16-8-19-15-7-12(18)3-4-14(15)21-16/h3-8H,1-2H3. The van der Waals surface area contributed by atoms with E-state index in [9.17, 15) is 0 Å². The van der Waals surface area contributed by atoms with Crippen molar-refractivity contribution < 1.29 is 4.74 Å². The summed E-state index contributed by atoms with van der Waals surface area (Å²) in [6.07, 6.45) is 1.58. The number of aliphatic imine (C=N–C) groups is 1. The van der Waals surface area contributed by atoms with E-state index in [0.29, 0.717) is 16.7 Å². The molecule has 0 N–H and O–H groups in total. The van der Waals surface area contributed by atoms with Crippen molar-refractivity contribution in [3.63, 3.8) is 0 Å². The molecule has 0 atom stereocenters. The van der Waals surface area contributed by atoms with Crippen LogP contribution in [0.5, 0.6) is 11.6 Å². The van der Waals surface area contributed by atoms with Crippen molar-refractivity contribution in [3.05, 3.63) is 52.7 Å². The average molecular weight is 342 g/mol. The summed E-state index contributed by atoms with van der Waals surface area (Å²) in [5, 5.41) is 3.02. The van der Waals surface area contributed by atoms with Crippen LogP contribution in [0.15, 0.2) is 41.5 Å². The monoisotopic (exact) mass is 341 g/mol. The normalized spacial score (nSPS) is 10.4. The van der Waals surface area contributed by atoms with Crippen LogP contribution in [-0.4, -0.2) is 15.1 Å². The highest BCUT2D eigenvalue weighted by molar-refractivity contribution is 7.78. The Morgan fingerprint density at radius 3 is 2.57 bits per heavy atom. The number of hydrogen-bond donors (Lipinski definition) is 0. The first kappa shape index (κ1) is 15.6. The lowest BCUT2D eigenvalue weighted by molar-refractivity contribution is 0.462. The molecule has 0 saturated heterocycles. The summed E-state index contributed by atoms with van der Waals surface area (Å²) >= 11 is 10.6. The lowest BCUT2D eigenvalue weighted by Crippen LogP contribution is -1.92. The minimum absolute atomic E-state index is 0.421. The first-order valence-corrected chi connectivity index (χ1v) is 7.65. The van der Waals surface area contributed by atoms with Crippen LogP contribution in [0.2, 0.25) is 5.02 Å². The Balaban J connectivity index is 1.95. The summed E-state index contributed by atoms with van der Waals surface area (Å²) in [5.74, 6) is 1.09. The van der Waals surface area contributed by atoms with Gasteiger partial charge in [0.1, 0.15) is 5.75 Å². The smallest absolute Gasteiger partial charge is 0.238 e. The van der Waals surface area contributed by atoms with Crippen molar-refractivity contribution >= 4 is 45.7 Å². The van der Waals surface area contributed by atoms with Crippen molar-refractivity contribution in [3.8, 4) is 11.6 Å². The number of halogens is 1. The Morgan fingerprint density at radius 1 is 1.13 bits per heavy atom. The molecule has 0 spiro atoms. The molecule has 3 aromatic rings. The molecule has 3 rings (SSSR count). The number of aromatic nitrogens is 2. The third-order valence-electron chi connectivity index (χ3n) is 3.33. The number of ether oxygens (including phenoxy) is 1. The Morgan fingerprint density at radius 2 is 1.87 bits per heavy atom. The number of fused-ring (bicyclic) bond motifs is 1. The maximum Gasteiger partial charge on any atom is 0.238 e. The number of rotatable bonds is 3. The van der Waals surface area contributed by atoms with E-state index in [1.807, 2.05) is 32.0 Å². The molecule has 0 radical (unpaired) electrons. The van der Waals surface area contributed by atoms with Gasteiger partial charge < -0.3 is 4.74 Å². The zero-order chi connectivity index (χ0) is 16.4. The Kier molecular flexibility index (Phi) is 4.35. The molecule has 0 saturated carbocycles. The van der Waals surface area contributed by atoms with E-state index in [1.54, 1.807) is 18.3 Å². The van der Waals surface area contributed by atoms with Gasteiger partial charge in [-0.15, -0.1) is 0 Å². The van der Waals surface area contributed by atoms with E-state index in [1.165, 1.54) is 0 Å². The third-order valence-corrected chi connectivity index (χ3v) is 3.65. The van der Waals surface area contributed by atoms with Gasteiger partial charge in [0.2, 0.25) is 5.88 Å². The van der Waals surface area contributed by atoms with Crippen molar-refractivity contribution in [2.75, 3.05) is 0 Å². The molecule has 0 unspecified atom stereocenters. The molecule has 6 heteroatoms. The van der Waals surface area contributed by atoms with Crippen LogP contribution in [0.3, 0.4) is 0 Å². The Hall–Kier alpha value is -2.33. The Labute approximate surface area is 143 Å².